The maximum Gasteiger partial charge on any atom is 0.303 e. The number of carboxylic acid groups (broad SMARTS) is 1. The number of aliphatic hydroxyl groups excluding tert-OH is 2. The smallest absolute Gasteiger partial charge is 0.303 e. The average Bonchev–Trinajstić information content (AvgIpc) is 3.05. The first kappa shape index (κ1) is 22.6. The predicted molar refractivity (Wildman–Crippen MR) is 118 cm³/mol. The van der Waals surface area contributed by atoms with Crippen molar-refractivity contribution in [1.82, 2.24) is 0 Å². The lowest BCUT2D eigenvalue weighted by Crippen LogP contribution is -2.62. The van der Waals surface area contributed by atoms with Gasteiger partial charge in [0.1, 0.15) is 0 Å². The van der Waals surface area contributed by atoms with Gasteiger partial charge in [-0.3, -0.25) is 4.79 Å². The van der Waals surface area contributed by atoms with Crippen LogP contribution in [-0.4, -0.2) is 33.5 Å². The van der Waals surface area contributed by atoms with Crippen LogP contribution >= 0.6 is 0 Å². The highest BCUT2D eigenvalue weighted by atomic mass is 16.4. The molecular formula is C26H44O4. The number of aliphatic hydroxyl groups is 2. The number of rotatable bonds is 5. The highest BCUT2D eigenvalue weighted by molar-refractivity contribution is 5.66. The van der Waals surface area contributed by atoms with Crippen LogP contribution in [0.4, 0.5) is 0 Å². The zero-order chi connectivity index (χ0) is 21.8. The Morgan fingerprint density at radius 1 is 1.00 bits per heavy atom. The summed E-state index contributed by atoms with van der Waals surface area (Å²) in [6.45, 7) is 9.44. The number of carbonyl (C=O) groups is 1. The molecule has 4 aliphatic carbocycles. The molecule has 0 spiro atoms. The highest BCUT2D eigenvalue weighted by Crippen LogP contribution is 2.69. The van der Waals surface area contributed by atoms with Gasteiger partial charge in [0.05, 0.1) is 12.2 Å². The molecule has 0 unspecified atom stereocenters. The molecule has 0 saturated heterocycles. The van der Waals surface area contributed by atoms with Crippen LogP contribution in [0.25, 0.3) is 0 Å². The summed E-state index contributed by atoms with van der Waals surface area (Å²) in [6.07, 6.45) is 9.27. The van der Waals surface area contributed by atoms with E-state index in [0.717, 1.165) is 32.1 Å². The van der Waals surface area contributed by atoms with Crippen LogP contribution in [0, 0.1) is 52.3 Å². The lowest BCUT2D eigenvalue weighted by molar-refractivity contribution is -0.203. The van der Waals surface area contributed by atoms with Crippen LogP contribution in [0.3, 0.4) is 0 Å². The molecule has 0 radical (unpaired) electrons. The van der Waals surface area contributed by atoms with E-state index in [4.69, 9.17) is 5.11 Å². The second kappa shape index (κ2) is 8.06. The first-order chi connectivity index (χ1) is 14.1. The van der Waals surface area contributed by atoms with Gasteiger partial charge in [0.2, 0.25) is 0 Å². The molecule has 0 aromatic heterocycles. The first-order valence-corrected chi connectivity index (χ1v) is 12.7. The summed E-state index contributed by atoms with van der Waals surface area (Å²) in [4.78, 5) is 11.1. The van der Waals surface area contributed by atoms with Gasteiger partial charge < -0.3 is 15.3 Å². The molecule has 172 valence electrons. The lowest BCUT2D eigenvalue weighted by Gasteiger charge is -2.64. The number of carboxylic acids is 1. The normalized spacial score (nSPS) is 51.5. The second-order valence-electron chi connectivity index (χ2n) is 12.0. The van der Waals surface area contributed by atoms with Crippen molar-refractivity contribution in [1.29, 1.82) is 0 Å². The molecule has 0 aliphatic heterocycles. The summed E-state index contributed by atoms with van der Waals surface area (Å²) >= 11 is 0. The Kier molecular flexibility index (Phi) is 6.07. The van der Waals surface area contributed by atoms with Crippen molar-refractivity contribution in [2.45, 2.75) is 104 Å². The van der Waals surface area contributed by atoms with Crippen LogP contribution in [-0.2, 0) is 4.79 Å². The molecule has 3 N–H and O–H groups in total. The average molecular weight is 421 g/mol. The third-order valence-corrected chi connectivity index (χ3v) is 11.0. The number of hydrogen-bond acceptors (Lipinski definition) is 3. The summed E-state index contributed by atoms with van der Waals surface area (Å²) in [7, 11) is 0. The largest absolute Gasteiger partial charge is 0.481 e. The molecule has 11 atom stereocenters. The van der Waals surface area contributed by atoms with Crippen molar-refractivity contribution in [2.24, 2.45) is 52.3 Å². The molecule has 0 aromatic carbocycles. The fraction of sp³-hybridized carbons (Fsp3) is 0.962. The van der Waals surface area contributed by atoms with E-state index in [2.05, 4.69) is 27.7 Å². The maximum atomic E-state index is 11.7. The standard InChI is InChI=1S/C26H44O4/c1-5-17-21-14-16(27)10-12-26(21,4)20-11-13-25(3)18(15(2)6-9-22(28)29)7-8-19(25)23(20)24(17)30/h15-21,23-24,27,30H,5-14H2,1-4H3,(H,28,29)/t15-,16-,17-,18-,19-,20-,21+,23-,24-,25-,26-/m1/s1. The van der Waals surface area contributed by atoms with E-state index in [0.29, 0.717) is 41.4 Å². The van der Waals surface area contributed by atoms with Gasteiger partial charge in [-0.15, -0.1) is 0 Å². The van der Waals surface area contributed by atoms with Crippen LogP contribution < -0.4 is 0 Å². The van der Waals surface area contributed by atoms with Crippen LogP contribution in [0.2, 0.25) is 0 Å². The minimum Gasteiger partial charge on any atom is -0.481 e. The van der Waals surface area contributed by atoms with Crippen LogP contribution in [0.5, 0.6) is 0 Å². The van der Waals surface area contributed by atoms with Crippen LogP contribution in [0.1, 0.15) is 91.9 Å². The molecule has 4 fully saturated rings. The molecule has 4 aliphatic rings. The Morgan fingerprint density at radius 3 is 2.33 bits per heavy atom. The Labute approximate surface area is 182 Å². The molecule has 30 heavy (non-hydrogen) atoms. The van der Waals surface area contributed by atoms with E-state index in [9.17, 15) is 15.0 Å². The van der Waals surface area contributed by atoms with Gasteiger partial charge in [-0.2, -0.15) is 0 Å². The third-order valence-electron chi connectivity index (χ3n) is 11.0. The van der Waals surface area contributed by atoms with Gasteiger partial charge in [0, 0.05) is 6.42 Å². The summed E-state index contributed by atoms with van der Waals surface area (Å²) in [5.74, 6) is 2.58. The lowest BCUT2D eigenvalue weighted by atomic mass is 9.41. The van der Waals surface area contributed by atoms with Crippen molar-refractivity contribution in [3.8, 4) is 0 Å². The Morgan fingerprint density at radius 2 is 1.67 bits per heavy atom. The molecule has 4 heteroatoms. The van der Waals surface area contributed by atoms with Crippen molar-refractivity contribution in [3.05, 3.63) is 0 Å². The van der Waals surface area contributed by atoms with Gasteiger partial charge in [-0.05, 0) is 104 Å². The van der Waals surface area contributed by atoms with E-state index in [1.165, 1.54) is 25.7 Å². The highest BCUT2D eigenvalue weighted by Gasteiger charge is 2.64. The topological polar surface area (TPSA) is 77.8 Å². The monoisotopic (exact) mass is 420 g/mol. The van der Waals surface area contributed by atoms with Crippen molar-refractivity contribution in [3.63, 3.8) is 0 Å². The molecule has 0 heterocycles. The fourth-order valence-corrected chi connectivity index (χ4v) is 9.48. The SMILES string of the molecule is CC[C@H]1[C@@H](O)[C@@H]2[C@H]3CC[C@H]([C@H](C)CCC(=O)O)[C@@]3(C)CC[C@H]2[C@@]2(C)CC[C@@H](O)C[C@@H]12. The Balaban J connectivity index is 1.61. The minimum absolute atomic E-state index is 0.194. The summed E-state index contributed by atoms with van der Waals surface area (Å²) < 4.78 is 0. The van der Waals surface area contributed by atoms with Crippen LogP contribution in [0.15, 0.2) is 0 Å². The quantitative estimate of drug-likeness (QED) is 0.577. The van der Waals surface area contributed by atoms with E-state index in [1.54, 1.807) is 0 Å². The first-order valence-electron chi connectivity index (χ1n) is 12.7. The van der Waals surface area contributed by atoms with E-state index >= 15 is 0 Å². The molecule has 0 bridgehead atoms. The summed E-state index contributed by atoms with van der Waals surface area (Å²) in [5.41, 5.74) is 0.480. The molecule has 0 amide bonds. The van der Waals surface area contributed by atoms with Crippen molar-refractivity contribution < 1.29 is 20.1 Å². The van der Waals surface area contributed by atoms with Gasteiger partial charge in [0.15, 0.2) is 0 Å². The van der Waals surface area contributed by atoms with Gasteiger partial charge in [0.25, 0.3) is 0 Å². The molecule has 4 saturated carbocycles. The summed E-state index contributed by atoms with van der Waals surface area (Å²) in [6, 6.07) is 0. The number of fused-ring (bicyclic) bond motifs is 5. The van der Waals surface area contributed by atoms with Crippen molar-refractivity contribution >= 4 is 5.97 Å². The van der Waals surface area contributed by atoms with Gasteiger partial charge in [-0.1, -0.05) is 34.1 Å². The molecule has 4 nitrogen and oxygen atoms in total. The van der Waals surface area contributed by atoms with Gasteiger partial charge in [-0.25, -0.2) is 0 Å². The zero-order valence-electron chi connectivity index (χ0n) is 19.5. The maximum absolute atomic E-state index is 11.7. The molecule has 0 aromatic rings. The Hall–Kier alpha value is -0.610. The number of hydrogen-bond donors (Lipinski definition) is 3. The van der Waals surface area contributed by atoms with Gasteiger partial charge >= 0.3 is 5.97 Å². The molecular weight excluding hydrogens is 376 g/mol. The van der Waals surface area contributed by atoms with E-state index < -0.39 is 5.97 Å². The van der Waals surface area contributed by atoms with E-state index in [-0.39, 0.29) is 29.5 Å². The summed E-state index contributed by atoms with van der Waals surface area (Å²) in [5, 5.41) is 31.3. The fourth-order valence-electron chi connectivity index (χ4n) is 9.48. The predicted octanol–water partition coefficient (Wildman–Crippen LogP) is 5.11. The third kappa shape index (κ3) is 3.36. The molecule has 4 rings (SSSR count). The minimum atomic E-state index is -0.683. The number of aliphatic carboxylic acids is 1. The Bertz CT molecular complexity index is 649. The zero-order valence-corrected chi connectivity index (χ0v) is 19.5. The van der Waals surface area contributed by atoms with E-state index in [1.807, 2.05) is 0 Å². The van der Waals surface area contributed by atoms with Crippen molar-refractivity contribution in [2.75, 3.05) is 0 Å². The second-order valence-corrected chi connectivity index (χ2v) is 12.0.